The Bertz CT molecular complexity index is 495. The van der Waals surface area contributed by atoms with Crippen LogP contribution < -0.4 is 4.74 Å². The van der Waals surface area contributed by atoms with Gasteiger partial charge in [0.15, 0.2) is 11.6 Å². The lowest BCUT2D eigenvalue weighted by Crippen LogP contribution is -2.40. The summed E-state index contributed by atoms with van der Waals surface area (Å²) < 4.78 is 18.3. The number of benzene rings is 1. The number of halogens is 1. The largest absolute Gasteiger partial charge is 0.494 e. The number of piperidine rings is 1. The summed E-state index contributed by atoms with van der Waals surface area (Å²) >= 11 is 0. The highest BCUT2D eigenvalue weighted by atomic mass is 19.1. The van der Waals surface area contributed by atoms with Gasteiger partial charge in [0.05, 0.1) is 7.11 Å². The molecule has 1 aromatic carbocycles. The molecule has 0 atom stereocenters. The van der Waals surface area contributed by atoms with Gasteiger partial charge in [-0.25, -0.2) is 4.39 Å². The molecule has 1 fully saturated rings. The SMILES string of the molecule is COc1ccc(C(=O)C(=O)N2CCCCC2)cc1F. The quantitative estimate of drug-likeness (QED) is 0.620. The Kier molecular flexibility index (Phi) is 4.14. The lowest BCUT2D eigenvalue weighted by molar-refractivity contribution is -0.127. The van der Waals surface area contributed by atoms with Crippen molar-refractivity contribution in [1.29, 1.82) is 0 Å². The predicted molar refractivity (Wildman–Crippen MR) is 67.7 cm³/mol. The first-order valence-corrected chi connectivity index (χ1v) is 6.30. The Morgan fingerprint density at radius 3 is 2.47 bits per heavy atom. The number of rotatable bonds is 3. The Labute approximate surface area is 111 Å². The van der Waals surface area contributed by atoms with E-state index in [0.717, 1.165) is 25.3 Å². The van der Waals surface area contributed by atoms with Gasteiger partial charge in [-0.15, -0.1) is 0 Å². The molecule has 0 unspecified atom stereocenters. The smallest absolute Gasteiger partial charge is 0.294 e. The Morgan fingerprint density at radius 2 is 1.89 bits per heavy atom. The summed E-state index contributed by atoms with van der Waals surface area (Å²) in [6.45, 7) is 1.20. The van der Waals surface area contributed by atoms with Crippen LogP contribution in [0.4, 0.5) is 4.39 Å². The van der Waals surface area contributed by atoms with Gasteiger partial charge >= 0.3 is 0 Å². The topological polar surface area (TPSA) is 46.6 Å². The Hall–Kier alpha value is -1.91. The fourth-order valence-electron chi connectivity index (χ4n) is 2.17. The second-order valence-electron chi connectivity index (χ2n) is 4.53. The second kappa shape index (κ2) is 5.82. The van der Waals surface area contributed by atoms with E-state index < -0.39 is 17.5 Å². The zero-order valence-electron chi connectivity index (χ0n) is 10.8. The normalized spacial score (nSPS) is 15.2. The van der Waals surface area contributed by atoms with Gasteiger partial charge in [0, 0.05) is 18.7 Å². The summed E-state index contributed by atoms with van der Waals surface area (Å²) in [7, 11) is 1.35. The molecule has 4 nitrogen and oxygen atoms in total. The molecule has 0 N–H and O–H groups in total. The van der Waals surface area contributed by atoms with Crippen molar-refractivity contribution in [3.8, 4) is 5.75 Å². The van der Waals surface area contributed by atoms with Crippen LogP contribution in [0.3, 0.4) is 0 Å². The number of carbonyl (C=O) groups is 2. The van der Waals surface area contributed by atoms with Crippen LogP contribution in [0.15, 0.2) is 18.2 Å². The number of carbonyl (C=O) groups excluding carboxylic acids is 2. The molecular formula is C14H16FNO3. The third kappa shape index (κ3) is 2.92. The minimum absolute atomic E-state index is 0.0574. The molecule has 0 aliphatic carbocycles. The highest BCUT2D eigenvalue weighted by Crippen LogP contribution is 2.19. The summed E-state index contributed by atoms with van der Waals surface area (Å²) in [6.07, 6.45) is 2.90. The van der Waals surface area contributed by atoms with Gasteiger partial charge in [0.2, 0.25) is 5.78 Å². The molecular weight excluding hydrogens is 249 g/mol. The number of likely N-dealkylation sites (tertiary alicyclic amines) is 1. The maximum absolute atomic E-state index is 13.5. The van der Waals surface area contributed by atoms with E-state index in [2.05, 4.69) is 0 Å². The van der Waals surface area contributed by atoms with Gasteiger partial charge in [0.1, 0.15) is 0 Å². The molecule has 0 spiro atoms. The van der Waals surface area contributed by atoms with Gasteiger partial charge in [-0.3, -0.25) is 9.59 Å². The van der Waals surface area contributed by atoms with Crippen molar-refractivity contribution < 1.29 is 18.7 Å². The highest BCUT2D eigenvalue weighted by Gasteiger charge is 2.25. The zero-order valence-corrected chi connectivity index (χ0v) is 10.8. The number of Topliss-reactive ketones (excluding diaryl/α,β-unsaturated/α-hetero) is 1. The molecule has 1 aromatic rings. The standard InChI is InChI=1S/C14H16FNO3/c1-19-12-6-5-10(9-11(12)15)13(17)14(18)16-7-3-2-4-8-16/h5-6,9H,2-4,7-8H2,1H3. The van der Waals surface area contributed by atoms with Crippen LogP contribution in [0.5, 0.6) is 5.75 Å². The molecule has 0 saturated carbocycles. The maximum Gasteiger partial charge on any atom is 0.294 e. The van der Waals surface area contributed by atoms with Gasteiger partial charge in [-0.05, 0) is 37.5 Å². The molecule has 5 heteroatoms. The van der Waals surface area contributed by atoms with Crippen molar-refractivity contribution >= 4 is 11.7 Å². The van der Waals surface area contributed by atoms with E-state index in [1.807, 2.05) is 0 Å². The van der Waals surface area contributed by atoms with E-state index in [0.29, 0.717) is 13.1 Å². The molecule has 2 rings (SSSR count). The summed E-state index contributed by atoms with van der Waals surface area (Å²) in [5.41, 5.74) is 0.0638. The van der Waals surface area contributed by atoms with Gasteiger partial charge < -0.3 is 9.64 Å². The first kappa shape index (κ1) is 13.5. The monoisotopic (exact) mass is 265 g/mol. The predicted octanol–water partition coefficient (Wildman–Crippen LogP) is 2.03. The maximum atomic E-state index is 13.5. The third-order valence-electron chi connectivity index (χ3n) is 3.25. The molecule has 1 heterocycles. The van der Waals surface area contributed by atoms with Crippen molar-refractivity contribution in [3.63, 3.8) is 0 Å². The summed E-state index contributed by atoms with van der Waals surface area (Å²) in [5, 5.41) is 0. The number of methoxy groups -OCH3 is 1. The molecule has 102 valence electrons. The number of ether oxygens (including phenoxy) is 1. The first-order chi connectivity index (χ1) is 9.13. The average molecular weight is 265 g/mol. The van der Waals surface area contributed by atoms with E-state index >= 15 is 0 Å². The van der Waals surface area contributed by atoms with Crippen molar-refractivity contribution in [2.45, 2.75) is 19.3 Å². The lowest BCUT2D eigenvalue weighted by atomic mass is 10.1. The van der Waals surface area contributed by atoms with E-state index in [9.17, 15) is 14.0 Å². The average Bonchev–Trinajstić information content (AvgIpc) is 2.46. The number of hydrogen-bond acceptors (Lipinski definition) is 3. The number of nitrogens with zero attached hydrogens (tertiary/aromatic N) is 1. The van der Waals surface area contributed by atoms with Crippen molar-refractivity contribution in [2.75, 3.05) is 20.2 Å². The zero-order chi connectivity index (χ0) is 13.8. The molecule has 1 amide bonds. The van der Waals surface area contributed by atoms with Crippen molar-refractivity contribution in [2.24, 2.45) is 0 Å². The first-order valence-electron chi connectivity index (χ1n) is 6.30. The molecule has 0 radical (unpaired) electrons. The number of amides is 1. The third-order valence-corrected chi connectivity index (χ3v) is 3.25. The highest BCUT2D eigenvalue weighted by molar-refractivity contribution is 6.42. The number of hydrogen-bond donors (Lipinski definition) is 0. The van der Waals surface area contributed by atoms with Crippen LogP contribution in [0, 0.1) is 5.82 Å². The van der Waals surface area contributed by atoms with Crippen LogP contribution >= 0.6 is 0 Å². The molecule has 1 aliphatic heterocycles. The molecule has 19 heavy (non-hydrogen) atoms. The van der Waals surface area contributed by atoms with Crippen LogP contribution in [0.1, 0.15) is 29.6 Å². The van der Waals surface area contributed by atoms with Gasteiger partial charge in [-0.1, -0.05) is 0 Å². The molecule has 0 bridgehead atoms. The lowest BCUT2D eigenvalue weighted by Gasteiger charge is -2.25. The van der Waals surface area contributed by atoms with Crippen LogP contribution in [0.25, 0.3) is 0 Å². The van der Waals surface area contributed by atoms with Crippen molar-refractivity contribution in [3.05, 3.63) is 29.6 Å². The number of ketones is 1. The van der Waals surface area contributed by atoms with Gasteiger partial charge in [0.25, 0.3) is 5.91 Å². The van der Waals surface area contributed by atoms with Crippen LogP contribution in [-0.4, -0.2) is 36.8 Å². The van der Waals surface area contributed by atoms with Crippen molar-refractivity contribution in [1.82, 2.24) is 4.90 Å². The summed E-state index contributed by atoms with van der Waals surface area (Å²) in [5.74, 6) is -1.80. The minimum atomic E-state index is -0.663. The van der Waals surface area contributed by atoms with E-state index in [1.54, 1.807) is 0 Å². The van der Waals surface area contributed by atoms with E-state index in [-0.39, 0.29) is 11.3 Å². The fraction of sp³-hybridized carbons (Fsp3) is 0.429. The molecule has 1 aliphatic rings. The second-order valence-corrected chi connectivity index (χ2v) is 4.53. The van der Waals surface area contributed by atoms with Gasteiger partial charge in [-0.2, -0.15) is 0 Å². The minimum Gasteiger partial charge on any atom is -0.494 e. The fourth-order valence-corrected chi connectivity index (χ4v) is 2.17. The van der Waals surface area contributed by atoms with E-state index in [1.165, 1.54) is 24.1 Å². The molecule has 1 saturated heterocycles. The molecule has 0 aromatic heterocycles. The van der Waals surface area contributed by atoms with E-state index in [4.69, 9.17) is 4.74 Å². The Morgan fingerprint density at radius 1 is 1.21 bits per heavy atom. The van der Waals surface area contributed by atoms with Crippen LogP contribution in [0.2, 0.25) is 0 Å². The summed E-state index contributed by atoms with van der Waals surface area (Å²) in [6, 6.07) is 3.81. The summed E-state index contributed by atoms with van der Waals surface area (Å²) in [4.78, 5) is 25.5. The Balaban J connectivity index is 2.14. The van der Waals surface area contributed by atoms with Crippen LogP contribution in [-0.2, 0) is 4.79 Å².